The van der Waals surface area contributed by atoms with Crippen LogP contribution < -0.4 is 21.4 Å². The standard InChI is InChI=1S/C22H41N6O4/c1-7-13-22(26-20(23)27-28(31)32,19(30)24-14-12-15(2)3)25-18(29)16-8-10-17(11-9-16)21(4,5)6/h14-17H,7-13H2,1-6H3,(H,24,30)(H,25,29)(H3,23,26,27)/t16?,17?,22-/m1/s1. The van der Waals surface area contributed by atoms with E-state index in [0.29, 0.717) is 24.7 Å². The first-order valence-electron chi connectivity index (χ1n) is 11.5. The maximum Gasteiger partial charge on any atom is 0.266 e. The topological polar surface area (TPSA) is 149 Å². The van der Waals surface area contributed by atoms with Gasteiger partial charge >= 0.3 is 0 Å². The van der Waals surface area contributed by atoms with Crippen LogP contribution in [0.5, 0.6) is 0 Å². The van der Waals surface area contributed by atoms with Crippen molar-refractivity contribution in [3.05, 3.63) is 16.7 Å². The third kappa shape index (κ3) is 8.63. The molecule has 0 saturated heterocycles. The van der Waals surface area contributed by atoms with Gasteiger partial charge in [-0.3, -0.25) is 15.0 Å². The van der Waals surface area contributed by atoms with Crippen molar-refractivity contribution in [3.8, 4) is 0 Å². The summed E-state index contributed by atoms with van der Waals surface area (Å²) in [5.74, 6) is -0.865. The molecule has 0 bridgehead atoms. The zero-order valence-electron chi connectivity index (χ0n) is 20.3. The minimum atomic E-state index is -1.67. The van der Waals surface area contributed by atoms with Gasteiger partial charge in [-0.25, -0.2) is 10.1 Å². The molecule has 0 unspecified atom stereocenters. The lowest BCUT2D eigenvalue weighted by atomic mass is 9.69. The Hall–Kier alpha value is -2.39. The molecule has 32 heavy (non-hydrogen) atoms. The van der Waals surface area contributed by atoms with Crippen LogP contribution in [0.2, 0.25) is 0 Å². The van der Waals surface area contributed by atoms with E-state index in [1.807, 2.05) is 20.8 Å². The first-order chi connectivity index (χ1) is 14.8. The highest BCUT2D eigenvalue weighted by atomic mass is 16.7. The van der Waals surface area contributed by atoms with E-state index in [-0.39, 0.29) is 23.7 Å². The van der Waals surface area contributed by atoms with Gasteiger partial charge in [0.15, 0.2) is 10.7 Å². The highest BCUT2D eigenvalue weighted by molar-refractivity contribution is 5.95. The molecule has 183 valence electrons. The lowest BCUT2D eigenvalue weighted by molar-refractivity contribution is -0.526. The Labute approximate surface area is 191 Å². The van der Waals surface area contributed by atoms with Gasteiger partial charge in [0.05, 0.1) is 0 Å². The van der Waals surface area contributed by atoms with Crippen molar-refractivity contribution in [1.29, 1.82) is 5.41 Å². The molecule has 1 radical (unpaired) electrons. The summed E-state index contributed by atoms with van der Waals surface area (Å²) in [6.07, 6.45) is 4.62. The molecule has 1 aliphatic carbocycles. The van der Waals surface area contributed by atoms with E-state index >= 15 is 0 Å². The van der Waals surface area contributed by atoms with E-state index in [1.54, 1.807) is 12.0 Å². The number of hydrazine groups is 1. The van der Waals surface area contributed by atoms with Crippen molar-refractivity contribution in [2.45, 2.75) is 92.2 Å². The van der Waals surface area contributed by atoms with Gasteiger partial charge in [0.2, 0.25) is 5.91 Å². The normalized spacial score (nSPS) is 20.7. The summed E-state index contributed by atoms with van der Waals surface area (Å²) in [5.41, 5.74) is 0.232. The molecule has 1 atom stereocenters. The Balaban J connectivity index is 3.01. The highest BCUT2D eigenvalue weighted by Crippen LogP contribution is 2.40. The molecule has 1 fully saturated rings. The van der Waals surface area contributed by atoms with Crippen LogP contribution in [0, 0.1) is 45.2 Å². The molecular weight excluding hydrogens is 412 g/mol. The first-order valence-corrected chi connectivity index (χ1v) is 11.5. The summed E-state index contributed by atoms with van der Waals surface area (Å²) in [5, 5.41) is 25.8. The average molecular weight is 454 g/mol. The molecule has 0 aromatic heterocycles. The summed E-state index contributed by atoms with van der Waals surface area (Å²) >= 11 is 0. The molecule has 0 aromatic carbocycles. The zero-order chi connectivity index (χ0) is 24.5. The summed E-state index contributed by atoms with van der Waals surface area (Å²) in [7, 11) is 0. The van der Waals surface area contributed by atoms with Crippen molar-refractivity contribution >= 4 is 17.8 Å². The van der Waals surface area contributed by atoms with Crippen molar-refractivity contribution in [3.63, 3.8) is 0 Å². The fraction of sp³-hybridized carbons (Fsp3) is 0.818. The molecule has 10 heteroatoms. The average Bonchev–Trinajstić information content (AvgIpc) is 2.66. The van der Waals surface area contributed by atoms with E-state index in [1.165, 1.54) is 0 Å². The molecule has 0 heterocycles. The predicted octanol–water partition coefficient (Wildman–Crippen LogP) is 3.08. The highest BCUT2D eigenvalue weighted by Gasteiger charge is 2.42. The van der Waals surface area contributed by atoms with Gasteiger partial charge in [-0.2, -0.15) is 0 Å². The van der Waals surface area contributed by atoms with Crippen LogP contribution in [0.25, 0.3) is 0 Å². The maximum atomic E-state index is 13.2. The van der Waals surface area contributed by atoms with Gasteiger partial charge in [-0.15, -0.1) is 0 Å². The van der Waals surface area contributed by atoms with E-state index in [2.05, 4.69) is 36.7 Å². The van der Waals surface area contributed by atoms with Crippen LogP contribution >= 0.6 is 0 Å². The second-order valence-electron chi connectivity index (χ2n) is 10.2. The van der Waals surface area contributed by atoms with Gasteiger partial charge in [-0.05, 0) is 55.8 Å². The third-order valence-corrected chi connectivity index (χ3v) is 6.04. The Kier molecular flexibility index (Phi) is 10.4. The smallest absolute Gasteiger partial charge is 0.266 e. The quantitative estimate of drug-likeness (QED) is 0.113. The Morgan fingerprint density at radius 1 is 1.16 bits per heavy atom. The van der Waals surface area contributed by atoms with Crippen LogP contribution in [0.3, 0.4) is 0 Å². The minimum Gasteiger partial charge on any atom is -0.348 e. The molecule has 10 nitrogen and oxygen atoms in total. The largest absolute Gasteiger partial charge is 0.348 e. The lowest BCUT2D eigenvalue weighted by Crippen LogP contribution is -2.70. The number of hydrogen-bond acceptors (Lipinski definition) is 5. The number of nitrogens with zero attached hydrogens (tertiary/aromatic N) is 1. The van der Waals surface area contributed by atoms with Crippen LogP contribution in [0.1, 0.15) is 86.5 Å². The molecule has 5 N–H and O–H groups in total. The number of nitro groups is 1. The van der Waals surface area contributed by atoms with Crippen LogP contribution in [0.15, 0.2) is 0 Å². The van der Waals surface area contributed by atoms with Gasteiger partial charge in [-0.1, -0.05) is 53.4 Å². The first kappa shape index (κ1) is 27.6. The number of guanidine groups is 1. The van der Waals surface area contributed by atoms with E-state index < -0.39 is 22.6 Å². The number of amides is 2. The summed E-state index contributed by atoms with van der Waals surface area (Å²) in [6.45, 7) is 14.1. The summed E-state index contributed by atoms with van der Waals surface area (Å²) in [4.78, 5) is 37.1. The van der Waals surface area contributed by atoms with Crippen molar-refractivity contribution in [2.75, 3.05) is 0 Å². The predicted molar refractivity (Wildman–Crippen MR) is 124 cm³/mol. The van der Waals surface area contributed by atoms with E-state index in [0.717, 1.165) is 25.7 Å². The van der Waals surface area contributed by atoms with Gasteiger partial charge in [0.25, 0.3) is 11.9 Å². The van der Waals surface area contributed by atoms with Crippen molar-refractivity contribution < 1.29 is 14.6 Å². The number of hydrogen-bond donors (Lipinski definition) is 5. The maximum absolute atomic E-state index is 13.2. The Morgan fingerprint density at radius 3 is 2.22 bits per heavy atom. The molecule has 2 amide bonds. The van der Waals surface area contributed by atoms with Crippen LogP contribution in [0.4, 0.5) is 0 Å². The van der Waals surface area contributed by atoms with Crippen molar-refractivity contribution in [1.82, 2.24) is 21.4 Å². The molecule has 0 aromatic rings. The summed E-state index contributed by atoms with van der Waals surface area (Å²) < 4.78 is 0. The van der Waals surface area contributed by atoms with Gasteiger partial charge < -0.3 is 16.0 Å². The number of rotatable bonds is 10. The zero-order valence-corrected chi connectivity index (χ0v) is 20.3. The number of carbonyl (C=O) groups is 2. The number of nitrogens with one attached hydrogen (secondary N) is 5. The van der Waals surface area contributed by atoms with Crippen molar-refractivity contribution in [2.24, 2.45) is 23.2 Å². The molecular formula is C22H41N6O4. The molecule has 1 rings (SSSR count). The Bertz CT molecular complexity index is 668. The fourth-order valence-corrected chi connectivity index (χ4v) is 4.14. The van der Waals surface area contributed by atoms with Crippen LogP contribution in [-0.4, -0.2) is 28.5 Å². The van der Waals surface area contributed by atoms with Crippen LogP contribution in [-0.2, 0) is 9.59 Å². The third-order valence-electron chi connectivity index (χ3n) is 6.04. The molecule has 1 aliphatic rings. The monoisotopic (exact) mass is 453 g/mol. The second kappa shape index (κ2) is 12.0. The molecule has 1 saturated carbocycles. The number of carbonyl (C=O) groups excluding carboxylic acids is 2. The minimum absolute atomic E-state index is 0.166. The van der Waals surface area contributed by atoms with Gasteiger partial charge in [0, 0.05) is 12.5 Å². The fourth-order valence-electron chi connectivity index (χ4n) is 4.14. The Morgan fingerprint density at radius 2 is 1.75 bits per heavy atom. The van der Waals surface area contributed by atoms with E-state index in [9.17, 15) is 19.7 Å². The second-order valence-corrected chi connectivity index (χ2v) is 10.2. The van der Waals surface area contributed by atoms with Gasteiger partial charge in [0.1, 0.15) is 0 Å². The van der Waals surface area contributed by atoms with E-state index in [4.69, 9.17) is 5.41 Å². The molecule has 0 spiro atoms. The summed E-state index contributed by atoms with van der Waals surface area (Å²) in [6, 6.07) is 0. The SMILES string of the molecule is CCC[C@](NC(=N)N[N+](=O)[O-])(NC(=O)C1CCC(C(C)(C)C)CC1)C(=O)N[CH]CC(C)C. The molecule has 0 aliphatic heterocycles. The lowest BCUT2D eigenvalue weighted by Gasteiger charge is -2.39.